The molecule has 0 aliphatic carbocycles. The van der Waals surface area contributed by atoms with Crippen molar-refractivity contribution in [3.63, 3.8) is 0 Å². The smallest absolute Gasteiger partial charge is 0.202 e. The van der Waals surface area contributed by atoms with Crippen molar-refractivity contribution in [3.8, 4) is 11.3 Å². The van der Waals surface area contributed by atoms with Gasteiger partial charge in [-0.3, -0.25) is 10.9 Å². The van der Waals surface area contributed by atoms with Gasteiger partial charge in [0.1, 0.15) is 0 Å². The molecule has 0 saturated heterocycles. The number of hydrogen-bond acceptors (Lipinski definition) is 4. The second-order valence-corrected chi connectivity index (χ2v) is 5.18. The zero-order chi connectivity index (χ0) is 13.5. The first-order valence-electron chi connectivity index (χ1n) is 6.10. The summed E-state index contributed by atoms with van der Waals surface area (Å²) in [6.07, 6.45) is 1.04. The highest BCUT2D eigenvalue weighted by Gasteiger charge is 2.03. The maximum Gasteiger partial charge on any atom is 0.202 e. The number of rotatable bonds is 5. The van der Waals surface area contributed by atoms with Crippen LogP contribution in [-0.4, -0.2) is 16.6 Å². The fourth-order valence-electron chi connectivity index (χ4n) is 1.47. The van der Waals surface area contributed by atoms with Crippen molar-refractivity contribution in [1.82, 2.24) is 15.7 Å². The van der Waals surface area contributed by atoms with Crippen LogP contribution in [0.3, 0.4) is 0 Å². The summed E-state index contributed by atoms with van der Waals surface area (Å²) in [6.45, 7) is 2.96. The van der Waals surface area contributed by atoms with Gasteiger partial charge in [0, 0.05) is 17.5 Å². The second-order valence-electron chi connectivity index (χ2n) is 3.91. The lowest BCUT2D eigenvalue weighted by atomic mass is 10.2. The molecule has 100 valence electrons. The molecule has 1 heterocycles. The average molecular weight is 292 g/mol. The summed E-state index contributed by atoms with van der Waals surface area (Å²) < 4.78 is 0. The molecule has 0 radical (unpaired) electrons. The van der Waals surface area contributed by atoms with Crippen LogP contribution < -0.4 is 16.2 Å². The zero-order valence-electron chi connectivity index (χ0n) is 10.6. The quantitative estimate of drug-likeness (QED) is 0.584. The Morgan fingerprint density at radius 1 is 1.32 bits per heavy atom. The number of nitrogens with one attached hydrogen (secondary N) is 3. The van der Waals surface area contributed by atoms with Crippen molar-refractivity contribution < 1.29 is 0 Å². The molecule has 0 aliphatic rings. The van der Waals surface area contributed by atoms with E-state index in [9.17, 15) is 0 Å². The molecular weight excluding hydrogens is 276 g/mol. The molecule has 4 nitrogen and oxygen atoms in total. The summed E-state index contributed by atoms with van der Waals surface area (Å²) in [5, 5.41) is 6.46. The second kappa shape index (κ2) is 7.06. The van der Waals surface area contributed by atoms with Gasteiger partial charge >= 0.3 is 0 Å². The maximum absolute atomic E-state index is 5.11. The number of thiazole rings is 1. The SMILES string of the molecule is CCCNC(=S)NNc1nc(-c2ccccc2)cs1. The number of nitrogens with zero attached hydrogens (tertiary/aromatic N) is 1. The van der Waals surface area contributed by atoms with Crippen molar-refractivity contribution in [1.29, 1.82) is 0 Å². The summed E-state index contributed by atoms with van der Waals surface area (Å²) in [6, 6.07) is 10.1. The molecule has 0 unspecified atom stereocenters. The minimum absolute atomic E-state index is 0.582. The highest BCUT2D eigenvalue weighted by Crippen LogP contribution is 2.23. The van der Waals surface area contributed by atoms with Crippen molar-refractivity contribution >= 4 is 33.8 Å². The Balaban J connectivity index is 1.90. The molecule has 2 aromatic rings. The Morgan fingerprint density at radius 3 is 2.84 bits per heavy atom. The van der Waals surface area contributed by atoms with E-state index in [4.69, 9.17) is 12.2 Å². The highest BCUT2D eigenvalue weighted by atomic mass is 32.1. The lowest BCUT2D eigenvalue weighted by molar-refractivity contribution is 0.826. The summed E-state index contributed by atoms with van der Waals surface area (Å²) in [5.41, 5.74) is 7.98. The molecule has 0 aliphatic heterocycles. The summed E-state index contributed by atoms with van der Waals surface area (Å²) in [4.78, 5) is 4.49. The van der Waals surface area contributed by atoms with E-state index in [1.807, 2.05) is 35.7 Å². The molecule has 1 aromatic heterocycles. The van der Waals surface area contributed by atoms with Gasteiger partial charge in [0.05, 0.1) is 5.69 Å². The molecular formula is C13H16N4S2. The lowest BCUT2D eigenvalue weighted by Gasteiger charge is -2.09. The van der Waals surface area contributed by atoms with E-state index in [1.54, 1.807) is 0 Å². The third-order valence-electron chi connectivity index (χ3n) is 2.39. The van der Waals surface area contributed by atoms with Gasteiger partial charge < -0.3 is 5.32 Å². The van der Waals surface area contributed by atoms with Gasteiger partial charge in [-0.2, -0.15) is 0 Å². The largest absolute Gasteiger partial charge is 0.361 e. The predicted octanol–water partition coefficient (Wildman–Crippen LogP) is 3.01. The first kappa shape index (κ1) is 13.8. The van der Waals surface area contributed by atoms with Crippen LogP contribution in [0.15, 0.2) is 35.7 Å². The molecule has 0 atom stereocenters. The molecule has 19 heavy (non-hydrogen) atoms. The van der Waals surface area contributed by atoms with Gasteiger partial charge in [0.15, 0.2) is 5.11 Å². The Kier molecular flexibility index (Phi) is 5.11. The van der Waals surface area contributed by atoms with Gasteiger partial charge in [-0.1, -0.05) is 37.3 Å². The summed E-state index contributed by atoms with van der Waals surface area (Å²) >= 11 is 6.65. The van der Waals surface area contributed by atoms with Gasteiger partial charge in [0.25, 0.3) is 0 Å². The normalized spacial score (nSPS) is 9.95. The Bertz CT molecular complexity index is 524. The van der Waals surface area contributed by atoms with E-state index < -0.39 is 0 Å². The number of aromatic nitrogens is 1. The van der Waals surface area contributed by atoms with Crippen LogP contribution in [0.2, 0.25) is 0 Å². The third-order valence-corrected chi connectivity index (χ3v) is 3.40. The van der Waals surface area contributed by atoms with Crippen LogP contribution in [0, 0.1) is 0 Å². The number of hydrazine groups is 1. The van der Waals surface area contributed by atoms with Crippen molar-refractivity contribution in [2.45, 2.75) is 13.3 Å². The summed E-state index contributed by atoms with van der Waals surface area (Å²) in [7, 11) is 0. The van der Waals surface area contributed by atoms with E-state index >= 15 is 0 Å². The van der Waals surface area contributed by atoms with E-state index in [0.717, 1.165) is 29.4 Å². The molecule has 6 heteroatoms. The standard InChI is InChI=1S/C13H16N4S2/c1-2-8-14-12(18)16-17-13-15-11(9-19-13)10-6-4-3-5-7-10/h3-7,9H,2,8H2,1H3,(H,15,17)(H2,14,16,18). The fourth-order valence-corrected chi connectivity index (χ4v) is 2.29. The van der Waals surface area contributed by atoms with Crippen LogP contribution in [0.1, 0.15) is 13.3 Å². The van der Waals surface area contributed by atoms with Gasteiger partial charge in [-0.05, 0) is 18.6 Å². The van der Waals surface area contributed by atoms with Crippen LogP contribution in [-0.2, 0) is 0 Å². The van der Waals surface area contributed by atoms with E-state index in [2.05, 4.69) is 28.1 Å². The monoisotopic (exact) mass is 292 g/mol. The fraction of sp³-hybridized carbons (Fsp3) is 0.231. The Morgan fingerprint density at radius 2 is 2.11 bits per heavy atom. The molecule has 0 amide bonds. The predicted molar refractivity (Wildman–Crippen MR) is 85.2 cm³/mol. The number of thiocarbonyl (C=S) groups is 1. The van der Waals surface area contributed by atoms with Crippen molar-refractivity contribution in [3.05, 3.63) is 35.7 Å². The van der Waals surface area contributed by atoms with E-state index in [-0.39, 0.29) is 0 Å². The van der Waals surface area contributed by atoms with Gasteiger partial charge in [0.2, 0.25) is 5.13 Å². The van der Waals surface area contributed by atoms with E-state index in [1.165, 1.54) is 11.3 Å². The van der Waals surface area contributed by atoms with Crippen LogP contribution in [0.4, 0.5) is 5.13 Å². The average Bonchev–Trinajstić information content (AvgIpc) is 2.93. The van der Waals surface area contributed by atoms with Crippen molar-refractivity contribution in [2.75, 3.05) is 12.0 Å². The molecule has 0 bridgehead atoms. The molecule has 2 rings (SSSR count). The van der Waals surface area contributed by atoms with Crippen molar-refractivity contribution in [2.24, 2.45) is 0 Å². The minimum Gasteiger partial charge on any atom is -0.361 e. The Labute approximate surface area is 122 Å². The molecule has 0 spiro atoms. The topological polar surface area (TPSA) is 49.0 Å². The molecule has 3 N–H and O–H groups in total. The first-order valence-corrected chi connectivity index (χ1v) is 7.39. The number of anilines is 1. The zero-order valence-corrected chi connectivity index (χ0v) is 12.3. The molecule has 0 saturated carbocycles. The van der Waals surface area contributed by atoms with Gasteiger partial charge in [-0.25, -0.2) is 4.98 Å². The van der Waals surface area contributed by atoms with E-state index in [0.29, 0.717) is 5.11 Å². The van der Waals surface area contributed by atoms with Crippen LogP contribution in [0.25, 0.3) is 11.3 Å². The minimum atomic E-state index is 0.582. The number of benzene rings is 1. The lowest BCUT2D eigenvalue weighted by Crippen LogP contribution is -2.38. The number of hydrogen-bond donors (Lipinski definition) is 3. The van der Waals surface area contributed by atoms with Crippen LogP contribution >= 0.6 is 23.6 Å². The van der Waals surface area contributed by atoms with Crippen LogP contribution in [0.5, 0.6) is 0 Å². The summed E-state index contributed by atoms with van der Waals surface area (Å²) in [5.74, 6) is 0. The highest BCUT2D eigenvalue weighted by molar-refractivity contribution is 7.80. The molecule has 1 aromatic carbocycles. The third kappa shape index (κ3) is 4.18. The first-order chi connectivity index (χ1) is 9.29. The Hall–Kier alpha value is -1.66. The van der Waals surface area contributed by atoms with Gasteiger partial charge in [-0.15, -0.1) is 11.3 Å². The maximum atomic E-state index is 5.11. The molecule has 0 fully saturated rings.